The topological polar surface area (TPSA) is 75.2 Å². The van der Waals surface area contributed by atoms with Crippen LogP contribution in [0.25, 0.3) is 0 Å². The van der Waals surface area contributed by atoms with Gasteiger partial charge in [0.05, 0.1) is 0 Å². The monoisotopic (exact) mass is 408 g/mol. The number of hydrogen-bond donors (Lipinski definition) is 2. The zero-order valence-electron chi connectivity index (χ0n) is 17.3. The quantitative estimate of drug-likeness (QED) is 0.418. The van der Waals surface area contributed by atoms with E-state index in [0.717, 1.165) is 49.9 Å². The van der Waals surface area contributed by atoms with Crippen LogP contribution in [0.2, 0.25) is 0 Å². The van der Waals surface area contributed by atoms with Crippen molar-refractivity contribution in [3.8, 4) is 11.5 Å². The lowest BCUT2D eigenvalue weighted by Crippen LogP contribution is -2.39. The molecule has 2 aromatic rings. The molecule has 0 atom stereocenters. The summed E-state index contributed by atoms with van der Waals surface area (Å²) in [6, 6.07) is 14.3. The molecule has 2 aromatic carbocycles. The number of nitrogens with zero attached hydrogens (tertiary/aromatic N) is 2. The van der Waals surface area contributed by atoms with Gasteiger partial charge in [-0.05, 0) is 41.7 Å². The Balaban J connectivity index is 1.13. The summed E-state index contributed by atoms with van der Waals surface area (Å²) in [5.41, 5.74) is 3.70. The summed E-state index contributed by atoms with van der Waals surface area (Å²) >= 11 is 0. The van der Waals surface area contributed by atoms with Crippen molar-refractivity contribution in [3.05, 3.63) is 59.2 Å². The van der Waals surface area contributed by atoms with Crippen molar-refractivity contribution in [1.82, 2.24) is 15.5 Å². The zero-order valence-corrected chi connectivity index (χ0v) is 17.3. The van der Waals surface area contributed by atoms with E-state index in [9.17, 15) is 4.79 Å². The van der Waals surface area contributed by atoms with Gasteiger partial charge in [-0.1, -0.05) is 30.3 Å². The van der Waals surface area contributed by atoms with E-state index in [4.69, 9.17) is 9.47 Å². The van der Waals surface area contributed by atoms with Crippen LogP contribution in [0.15, 0.2) is 47.5 Å². The fourth-order valence-electron chi connectivity index (χ4n) is 3.76. The fourth-order valence-corrected chi connectivity index (χ4v) is 3.76. The van der Waals surface area contributed by atoms with Crippen LogP contribution in [0.3, 0.4) is 0 Å². The van der Waals surface area contributed by atoms with Crippen molar-refractivity contribution in [1.29, 1.82) is 0 Å². The Labute approximate surface area is 177 Å². The largest absolute Gasteiger partial charge is 0.454 e. The molecule has 158 valence electrons. The molecule has 2 N–H and O–H groups in total. The van der Waals surface area contributed by atoms with Gasteiger partial charge in [0.1, 0.15) is 0 Å². The third kappa shape index (κ3) is 4.84. The lowest BCUT2D eigenvalue weighted by molar-refractivity contribution is -0.131. The van der Waals surface area contributed by atoms with Crippen LogP contribution < -0.4 is 20.1 Å². The predicted molar refractivity (Wildman–Crippen MR) is 116 cm³/mol. The summed E-state index contributed by atoms with van der Waals surface area (Å²) in [6.07, 6.45) is 2.16. The van der Waals surface area contributed by atoms with E-state index >= 15 is 0 Å². The maximum atomic E-state index is 12.5. The molecule has 2 aliphatic rings. The smallest absolute Gasteiger partial charge is 0.231 e. The fraction of sp³-hybridized carbons (Fsp3) is 0.391. The first-order valence-corrected chi connectivity index (χ1v) is 10.4. The number of fused-ring (bicyclic) bond motifs is 2. The molecular formula is C23H28N4O3. The number of guanidine groups is 1. The molecular weight excluding hydrogens is 380 g/mol. The highest BCUT2D eigenvalue weighted by Gasteiger charge is 2.22. The van der Waals surface area contributed by atoms with E-state index in [0.29, 0.717) is 19.8 Å². The van der Waals surface area contributed by atoms with E-state index in [1.165, 1.54) is 16.7 Å². The van der Waals surface area contributed by atoms with Gasteiger partial charge in [-0.25, -0.2) is 0 Å². The summed E-state index contributed by atoms with van der Waals surface area (Å²) < 4.78 is 10.8. The standard InChI is InChI=1S/C23H28N4O3/c1-24-23(26-12-10-17-8-9-20-21(13-17)30-16-29-20)25-11-4-7-22(28)27-14-18-5-2-3-6-19(18)15-27/h2-3,5-6,8-9,13H,4,7,10-12,14-16H2,1H3,(H2,24,25,26). The number of nitrogens with one attached hydrogen (secondary N) is 2. The minimum atomic E-state index is 0.207. The number of carbonyl (C=O) groups is 1. The molecule has 0 spiro atoms. The van der Waals surface area contributed by atoms with E-state index < -0.39 is 0 Å². The minimum Gasteiger partial charge on any atom is -0.454 e. The van der Waals surface area contributed by atoms with Gasteiger partial charge < -0.3 is 25.0 Å². The Hall–Kier alpha value is -3.22. The highest BCUT2D eigenvalue weighted by atomic mass is 16.7. The number of rotatable bonds is 7. The predicted octanol–water partition coefficient (Wildman–Crippen LogP) is 2.45. The molecule has 0 bridgehead atoms. The van der Waals surface area contributed by atoms with Gasteiger partial charge in [0.25, 0.3) is 0 Å². The molecule has 2 heterocycles. The number of amides is 1. The van der Waals surface area contributed by atoms with Crippen LogP contribution in [0.5, 0.6) is 11.5 Å². The van der Waals surface area contributed by atoms with Crippen LogP contribution in [0.4, 0.5) is 0 Å². The lowest BCUT2D eigenvalue weighted by Gasteiger charge is -2.16. The number of ether oxygens (including phenoxy) is 2. The number of carbonyl (C=O) groups excluding carboxylic acids is 1. The molecule has 0 saturated heterocycles. The van der Waals surface area contributed by atoms with Crippen LogP contribution in [0.1, 0.15) is 29.5 Å². The first-order valence-electron chi connectivity index (χ1n) is 10.4. The van der Waals surface area contributed by atoms with Crippen molar-refractivity contribution in [2.45, 2.75) is 32.4 Å². The molecule has 1 amide bonds. The van der Waals surface area contributed by atoms with Gasteiger partial charge in [0.2, 0.25) is 12.7 Å². The van der Waals surface area contributed by atoms with E-state index in [1.807, 2.05) is 35.2 Å². The Bertz CT molecular complexity index is 903. The van der Waals surface area contributed by atoms with Crippen LogP contribution >= 0.6 is 0 Å². The van der Waals surface area contributed by atoms with Crippen molar-refractivity contribution in [2.24, 2.45) is 4.99 Å². The number of hydrogen-bond acceptors (Lipinski definition) is 4. The molecule has 4 rings (SSSR count). The van der Waals surface area contributed by atoms with E-state index in [2.05, 4.69) is 27.8 Å². The van der Waals surface area contributed by atoms with Crippen molar-refractivity contribution in [3.63, 3.8) is 0 Å². The SMILES string of the molecule is CN=C(NCCCC(=O)N1Cc2ccccc2C1)NCCc1ccc2c(c1)OCO2. The second-order valence-corrected chi connectivity index (χ2v) is 7.49. The van der Waals surface area contributed by atoms with E-state index in [-0.39, 0.29) is 5.91 Å². The van der Waals surface area contributed by atoms with Gasteiger partial charge >= 0.3 is 0 Å². The molecule has 0 aliphatic carbocycles. The molecule has 2 aliphatic heterocycles. The van der Waals surface area contributed by atoms with Crippen molar-refractivity contribution < 1.29 is 14.3 Å². The first-order chi connectivity index (χ1) is 14.7. The third-order valence-electron chi connectivity index (χ3n) is 5.42. The van der Waals surface area contributed by atoms with Crippen LogP contribution in [0, 0.1) is 0 Å². The molecule has 7 heteroatoms. The highest BCUT2D eigenvalue weighted by Crippen LogP contribution is 2.32. The minimum absolute atomic E-state index is 0.207. The zero-order chi connectivity index (χ0) is 20.8. The van der Waals surface area contributed by atoms with Crippen molar-refractivity contribution >= 4 is 11.9 Å². The molecule has 0 radical (unpaired) electrons. The van der Waals surface area contributed by atoms with Crippen LogP contribution in [-0.4, -0.2) is 43.7 Å². The Morgan fingerprint density at radius 1 is 1.03 bits per heavy atom. The molecule has 0 saturated carbocycles. The highest BCUT2D eigenvalue weighted by molar-refractivity contribution is 5.80. The normalized spacial score (nSPS) is 14.6. The average Bonchev–Trinajstić information content (AvgIpc) is 3.41. The molecule has 30 heavy (non-hydrogen) atoms. The summed E-state index contributed by atoms with van der Waals surface area (Å²) in [6.45, 7) is 3.21. The maximum absolute atomic E-state index is 12.5. The Morgan fingerprint density at radius 3 is 2.53 bits per heavy atom. The second kappa shape index (κ2) is 9.52. The van der Waals surface area contributed by atoms with Crippen LogP contribution in [-0.2, 0) is 24.3 Å². The van der Waals surface area contributed by atoms with E-state index in [1.54, 1.807) is 7.05 Å². The molecule has 0 aromatic heterocycles. The summed E-state index contributed by atoms with van der Waals surface area (Å²) in [5, 5.41) is 6.60. The van der Waals surface area contributed by atoms with Gasteiger partial charge in [0, 0.05) is 39.6 Å². The lowest BCUT2D eigenvalue weighted by atomic mass is 10.1. The maximum Gasteiger partial charge on any atom is 0.231 e. The Morgan fingerprint density at radius 2 is 1.77 bits per heavy atom. The molecule has 0 fully saturated rings. The van der Waals surface area contributed by atoms with Gasteiger partial charge in [0.15, 0.2) is 17.5 Å². The molecule has 7 nitrogen and oxygen atoms in total. The number of benzene rings is 2. The first kappa shape index (κ1) is 20.1. The summed E-state index contributed by atoms with van der Waals surface area (Å²) in [7, 11) is 1.75. The Kier molecular flexibility index (Phi) is 6.37. The third-order valence-corrected chi connectivity index (χ3v) is 5.42. The molecule has 0 unspecified atom stereocenters. The number of aliphatic imine (C=N–C) groups is 1. The van der Waals surface area contributed by atoms with Gasteiger partial charge in [-0.2, -0.15) is 0 Å². The van der Waals surface area contributed by atoms with Gasteiger partial charge in [-0.3, -0.25) is 9.79 Å². The average molecular weight is 409 g/mol. The summed E-state index contributed by atoms with van der Waals surface area (Å²) in [5.74, 6) is 2.56. The van der Waals surface area contributed by atoms with Gasteiger partial charge in [-0.15, -0.1) is 0 Å². The van der Waals surface area contributed by atoms with Crippen molar-refractivity contribution in [2.75, 3.05) is 26.9 Å². The second-order valence-electron chi connectivity index (χ2n) is 7.49. The summed E-state index contributed by atoms with van der Waals surface area (Å²) in [4.78, 5) is 18.7.